The molecule has 0 bridgehead atoms. The number of hydrogen-bond acceptors (Lipinski definition) is 4. The molecule has 2 aliphatic rings. The maximum absolute atomic E-state index is 5.37. The van der Waals surface area contributed by atoms with Gasteiger partial charge in [-0.1, -0.05) is 19.0 Å². The van der Waals surface area contributed by atoms with E-state index in [0.717, 1.165) is 24.1 Å². The Hall–Kier alpha value is -0.900. The number of rotatable bonds is 5. The summed E-state index contributed by atoms with van der Waals surface area (Å²) in [6, 6.07) is 0.510. The Morgan fingerprint density at radius 3 is 2.71 bits per heavy atom. The molecule has 0 spiro atoms. The molecule has 2 atom stereocenters. The molecule has 17 heavy (non-hydrogen) atoms. The lowest BCUT2D eigenvalue weighted by Crippen LogP contribution is -2.29. The van der Waals surface area contributed by atoms with Crippen molar-refractivity contribution in [2.45, 2.75) is 51.5 Å². The van der Waals surface area contributed by atoms with Gasteiger partial charge in [0.15, 0.2) is 5.82 Å². The van der Waals surface area contributed by atoms with Crippen LogP contribution in [0.25, 0.3) is 0 Å². The first-order valence-electron chi connectivity index (χ1n) is 6.60. The third kappa shape index (κ3) is 2.23. The Labute approximate surface area is 102 Å². The lowest BCUT2D eigenvalue weighted by molar-refractivity contribution is 0.348. The van der Waals surface area contributed by atoms with Gasteiger partial charge in [-0.3, -0.25) is 0 Å². The minimum absolute atomic E-state index is 0.375. The Kier molecular flexibility index (Phi) is 2.51. The van der Waals surface area contributed by atoms with Crippen LogP contribution in [0.1, 0.15) is 50.7 Å². The third-order valence-electron chi connectivity index (χ3n) is 4.27. The summed E-state index contributed by atoms with van der Waals surface area (Å²) < 4.78 is 5.37. The summed E-state index contributed by atoms with van der Waals surface area (Å²) in [5.41, 5.74) is 0.375. The fraction of sp³-hybridized carbons (Fsp3) is 0.846. The van der Waals surface area contributed by atoms with Crippen molar-refractivity contribution in [3.8, 4) is 0 Å². The van der Waals surface area contributed by atoms with Crippen LogP contribution in [0.3, 0.4) is 0 Å². The van der Waals surface area contributed by atoms with Crippen LogP contribution >= 0.6 is 0 Å². The Balaban J connectivity index is 1.64. The highest BCUT2D eigenvalue weighted by atomic mass is 16.5. The molecule has 0 aromatic carbocycles. The maximum Gasteiger partial charge on any atom is 0.228 e. The van der Waals surface area contributed by atoms with Crippen LogP contribution in [0.4, 0.5) is 0 Å². The van der Waals surface area contributed by atoms with E-state index in [1.54, 1.807) is 0 Å². The zero-order valence-electron chi connectivity index (χ0n) is 10.9. The van der Waals surface area contributed by atoms with Crippen molar-refractivity contribution >= 4 is 0 Å². The second-order valence-corrected chi connectivity index (χ2v) is 6.23. The molecule has 0 saturated heterocycles. The second kappa shape index (κ2) is 3.80. The normalized spacial score (nSPS) is 28.1. The average Bonchev–Trinajstić information content (AvgIpc) is 3.17. The molecular weight excluding hydrogens is 214 g/mol. The molecule has 2 aliphatic carbocycles. The molecule has 1 aromatic heterocycles. The molecule has 1 N–H and O–H groups in total. The Bertz CT molecular complexity index is 409. The first-order valence-corrected chi connectivity index (χ1v) is 6.60. The van der Waals surface area contributed by atoms with Crippen molar-refractivity contribution in [1.82, 2.24) is 15.5 Å². The quantitative estimate of drug-likeness (QED) is 0.849. The number of nitrogens with zero attached hydrogens (tertiary/aromatic N) is 2. The summed E-state index contributed by atoms with van der Waals surface area (Å²) in [4.78, 5) is 4.55. The largest absolute Gasteiger partial charge is 0.339 e. The minimum atomic E-state index is 0.375. The average molecular weight is 235 g/mol. The van der Waals surface area contributed by atoms with Crippen LogP contribution in [-0.2, 0) is 6.42 Å². The molecule has 2 unspecified atom stereocenters. The van der Waals surface area contributed by atoms with Gasteiger partial charge in [0.05, 0.1) is 0 Å². The van der Waals surface area contributed by atoms with Crippen LogP contribution < -0.4 is 5.32 Å². The van der Waals surface area contributed by atoms with Crippen LogP contribution in [0.2, 0.25) is 0 Å². The highest BCUT2D eigenvalue weighted by Gasteiger charge is 2.49. The lowest BCUT2D eigenvalue weighted by Gasteiger charge is -2.11. The van der Waals surface area contributed by atoms with E-state index >= 15 is 0 Å². The standard InChI is InChI=1S/C13H21N3O/c1-13(2)7-9(13)12-15-11(17-16-12)6-10(14-3)8-4-5-8/h8-10,14H,4-7H2,1-3H3. The number of hydrogen-bond donors (Lipinski definition) is 1. The molecule has 1 aromatic rings. The van der Waals surface area contributed by atoms with Crippen LogP contribution in [0, 0.1) is 11.3 Å². The molecule has 4 heteroatoms. The molecular formula is C13H21N3O. The molecule has 0 radical (unpaired) electrons. The predicted molar refractivity (Wildman–Crippen MR) is 64.7 cm³/mol. The highest BCUT2D eigenvalue weighted by molar-refractivity contribution is 5.14. The number of nitrogens with one attached hydrogen (secondary N) is 1. The van der Waals surface area contributed by atoms with E-state index in [1.165, 1.54) is 19.3 Å². The van der Waals surface area contributed by atoms with E-state index in [-0.39, 0.29) is 0 Å². The summed E-state index contributed by atoms with van der Waals surface area (Å²) in [5, 5.41) is 7.48. The summed E-state index contributed by atoms with van der Waals surface area (Å²) in [6.45, 7) is 4.52. The van der Waals surface area contributed by atoms with Gasteiger partial charge in [0.25, 0.3) is 0 Å². The molecule has 2 fully saturated rings. The molecule has 2 saturated carbocycles. The lowest BCUT2D eigenvalue weighted by atomic mass is 10.1. The Morgan fingerprint density at radius 1 is 1.47 bits per heavy atom. The first-order chi connectivity index (χ1) is 8.10. The van der Waals surface area contributed by atoms with Gasteiger partial charge in [-0.15, -0.1) is 0 Å². The minimum Gasteiger partial charge on any atom is -0.339 e. The summed E-state index contributed by atoms with van der Waals surface area (Å²) in [5.74, 6) is 3.03. The van der Waals surface area contributed by atoms with Gasteiger partial charge < -0.3 is 9.84 Å². The summed E-state index contributed by atoms with van der Waals surface area (Å²) >= 11 is 0. The van der Waals surface area contributed by atoms with E-state index in [1.807, 2.05) is 7.05 Å². The zero-order valence-corrected chi connectivity index (χ0v) is 10.9. The van der Waals surface area contributed by atoms with Gasteiger partial charge in [-0.2, -0.15) is 4.98 Å². The molecule has 1 heterocycles. The van der Waals surface area contributed by atoms with Gasteiger partial charge in [0, 0.05) is 18.4 Å². The van der Waals surface area contributed by atoms with E-state index in [4.69, 9.17) is 4.52 Å². The molecule has 94 valence electrons. The molecule has 4 nitrogen and oxygen atoms in total. The smallest absolute Gasteiger partial charge is 0.228 e. The van der Waals surface area contributed by atoms with Crippen molar-refractivity contribution in [1.29, 1.82) is 0 Å². The summed E-state index contributed by atoms with van der Waals surface area (Å²) in [6.07, 6.45) is 4.73. The number of likely N-dealkylation sites (N-methyl/N-ethyl adjacent to an activating group) is 1. The van der Waals surface area contributed by atoms with Crippen molar-refractivity contribution in [2.24, 2.45) is 11.3 Å². The molecule has 3 rings (SSSR count). The van der Waals surface area contributed by atoms with E-state index in [9.17, 15) is 0 Å². The fourth-order valence-electron chi connectivity index (χ4n) is 2.59. The summed E-state index contributed by atoms with van der Waals surface area (Å²) in [7, 11) is 2.02. The fourth-order valence-corrected chi connectivity index (χ4v) is 2.59. The van der Waals surface area contributed by atoms with Crippen molar-refractivity contribution in [3.05, 3.63) is 11.7 Å². The van der Waals surface area contributed by atoms with Gasteiger partial charge >= 0.3 is 0 Å². The third-order valence-corrected chi connectivity index (χ3v) is 4.27. The van der Waals surface area contributed by atoms with Crippen LogP contribution in [0.5, 0.6) is 0 Å². The van der Waals surface area contributed by atoms with E-state index in [0.29, 0.717) is 17.4 Å². The van der Waals surface area contributed by atoms with Crippen LogP contribution in [0.15, 0.2) is 4.52 Å². The molecule has 0 amide bonds. The second-order valence-electron chi connectivity index (χ2n) is 6.23. The van der Waals surface area contributed by atoms with E-state index < -0.39 is 0 Å². The monoisotopic (exact) mass is 235 g/mol. The molecule has 0 aliphatic heterocycles. The Morgan fingerprint density at radius 2 is 2.18 bits per heavy atom. The maximum atomic E-state index is 5.37. The topological polar surface area (TPSA) is 51.0 Å². The number of aromatic nitrogens is 2. The highest BCUT2D eigenvalue weighted by Crippen LogP contribution is 2.57. The van der Waals surface area contributed by atoms with Gasteiger partial charge in [0.2, 0.25) is 5.89 Å². The van der Waals surface area contributed by atoms with Gasteiger partial charge in [0.1, 0.15) is 0 Å². The van der Waals surface area contributed by atoms with Crippen molar-refractivity contribution in [3.63, 3.8) is 0 Å². The zero-order chi connectivity index (χ0) is 12.0. The predicted octanol–water partition coefficient (Wildman–Crippen LogP) is 2.12. The van der Waals surface area contributed by atoms with Crippen LogP contribution in [-0.4, -0.2) is 23.2 Å². The van der Waals surface area contributed by atoms with Gasteiger partial charge in [-0.05, 0) is 37.6 Å². The van der Waals surface area contributed by atoms with Crippen molar-refractivity contribution < 1.29 is 4.52 Å². The first kappa shape index (κ1) is 11.2. The van der Waals surface area contributed by atoms with E-state index in [2.05, 4.69) is 29.3 Å². The SMILES string of the molecule is CNC(Cc1nc(C2CC2(C)C)no1)C1CC1. The van der Waals surface area contributed by atoms with Crippen molar-refractivity contribution in [2.75, 3.05) is 7.05 Å². The van der Waals surface area contributed by atoms with Gasteiger partial charge in [-0.25, -0.2) is 0 Å².